The minimum absolute atomic E-state index is 0.0190. The fraction of sp³-hybridized carbons (Fsp3) is 0.556. The van der Waals surface area contributed by atoms with E-state index in [0.717, 1.165) is 44.7 Å². The minimum atomic E-state index is -0.183. The number of rotatable bonds is 3. The maximum absolute atomic E-state index is 12.3. The van der Waals surface area contributed by atoms with Gasteiger partial charge in [-0.05, 0) is 63.0 Å². The van der Waals surface area contributed by atoms with E-state index in [9.17, 15) is 9.59 Å². The Balaban J connectivity index is 1.45. The molecule has 0 unspecified atom stereocenters. The van der Waals surface area contributed by atoms with Gasteiger partial charge < -0.3 is 16.0 Å². The van der Waals surface area contributed by atoms with Crippen LogP contribution >= 0.6 is 0 Å². The van der Waals surface area contributed by atoms with Crippen molar-refractivity contribution in [1.29, 1.82) is 0 Å². The normalized spacial score (nSPS) is 19.8. The van der Waals surface area contributed by atoms with Gasteiger partial charge in [0.15, 0.2) is 0 Å². The molecule has 3 rings (SSSR count). The number of likely N-dealkylation sites (tertiary alicyclic amines) is 2. The van der Waals surface area contributed by atoms with Crippen LogP contribution in [0.1, 0.15) is 24.0 Å². The minimum Gasteiger partial charge on any atom is -0.369 e. The summed E-state index contributed by atoms with van der Waals surface area (Å²) < 4.78 is 0. The predicted molar refractivity (Wildman–Crippen MR) is 93.8 cm³/mol. The quantitative estimate of drug-likeness (QED) is 0.886. The summed E-state index contributed by atoms with van der Waals surface area (Å²) in [5.41, 5.74) is 8.60. The number of nitrogens with one attached hydrogen (secondary N) is 1. The molecule has 0 saturated carbocycles. The second-order valence-corrected chi connectivity index (χ2v) is 7.00. The fourth-order valence-electron chi connectivity index (χ4n) is 3.42. The number of piperidine rings is 1. The monoisotopic (exact) mass is 330 g/mol. The highest BCUT2D eigenvalue weighted by Gasteiger charge is 2.37. The standard InChI is InChI=1S/C18H26N4O2/c1-12-3-4-15(9-13(12)2)20-18(24)22-10-16(11-22)21-7-5-14(6-8-21)17(19)23/h3-4,9,14,16H,5-8,10-11H2,1-2H3,(H2,19,23)(H,20,24). The fourth-order valence-corrected chi connectivity index (χ4v) is 3.42. The molecule has 0 aliphatic carbocycles. The summed E-state index contributed by atoms with van der Waals surface area (Å²) in [4.78, 5) is 27.7. The average molecular weight is 330 g/mol. The zero-order valence-electron chi connectivity index (χ0n) is 14.4. The van der Waals surface area contributed by atoms with E-state index in [0.29, 0.717) is 6.04 Å². The van der Waals surface area contributed by atoms with Gasteiger partial charge in [0, 0.05) is 30.7 Å². The molecule has 1 aromatic rings. The molecule has 2 aliphatic heterocycles. The molecule has 2 heterocycles. The van der Waals surface area contributed by atoms with Crippen LogP contribution in [0.15, 0.2) is 18.2 Å². The van der Waals surface area contributed by atoms with Crippen molar-refractivity contribution in [3.05, 3.63) is 29.3 Å². The van der Waals surface area contributed by atoms with E-state index in [4.69, 9.17) is 5.73 Å². The van der Waals surface area contributed by atoms with Crippen LogP contribution in [0.4, 0.5) is 10.5 Å². The Morgan fingerprint density at radius 1 is 1.12 bits per heavy atom. The molecule has 0 spiro atoms. The molecular formula is C18H26N4O2. The number of nitrogens with two attached hydrogens (primary N) is 1. The first-order chi connectivity index (χ1) is 11.4. The molecule has 0 atom stereocenters. The van der Waals surface area contributed by atoms with E-state index in [1.54, 1.807) is 0 Å². The van der Waals surface area contributed by atoms with Crippen LogP contribution < -0.4 is 11.1 Å². The van der Waals surface area contributed by atoms with Crippen LogP contribution in [-0.2, 0) is 4.79 Å². The third-order valence-electron chi connectivity index (χ3n) is 5.36. The van der Waals surface area contributed by atoms with E-state index < -0.39 is 0 Å². The molecule has 3 amide bonds. The highest BCUT2D eigenvalue weighted by Crippen LogP contribution is 2.24. The van der Waals surface area contributed by atoms with Gasteiger partial charge in [-0.2, -0.15) is 0 Å². The predicted octanol–water partition coefficient (Wildman–Crippen LogP) is 1.72. The van der Waals surface area contributed by atoms with Crippen LogP contribution in [0, 0.1) is 19.8 Å². The number of urea groups is 1. The lowest BCUT2D eigenvalue weighted by Gasteiger charge is -2.47. The van der Waals surface area contributed by atoms with Gasteiger partial charge in [-0.15, -0.1) is 0 Å². The first kappa shape index (κ1) is 16.8. The first-order valence-electron chi connectivity index (χ1n) is 8.60. The smallest absolute Gasteiger partial charge is 0.321 e. The van der Waals surface area contributed by atoms with Gasteiger partial charge >= 0.3 is 6.03 Å². The Hall–Kier alpha value is -2.08. The number of nitrogens with zero attached hydrogens (tertiary/aromatic N) is 2. The Morgan fingerprint density at radius 3 is 2.38 bits per heavy atom. The number of carbonyl (C=O) groups excluding carboxylic acids is 2. The number of benzene rings is 1. The SMILES string of the molecule is Cc1ccc(NC(=O)N2CC(N3CCC(C(N)=O)CC3)C2)cc1C. The largest absolute Gasteiger partial charge is 0.369 e. The van der Waals surface area contributed by atoms with Gasteiger partial charge in [0.25, 0.3) is 0 Å². The summed E-state index contributed by atoms with van der Waals surface area (Å²) in [5, 5.41) is 2.96. The molecule has 2 aliphatic rings. The highest BCUT2D eigenvalue weighted by atomic mass is 16.2. The van der Waals surface area contributed by atoms with Crippen LogP contribution in [-0.4, -0.2) is 54.0 Å². The lowest BCUT2D eigenvalue weighted by Crippen LogP contribution is -2.63. The van der Waals surface area contributed by atoms with Crippen molar-refractivity contribution in [3.63, 3.8) is 0 Å². The van der Waals surface area contributed by atoms with E-state index in [2.05, 4.69) is 17.1 Å². The van der Waals surface area contributed by atoms with E-state index in [1.807, 2.05) is 30.0 Å². The number of primary amides is 1. The van der Waals surface area contributed by atoms with E-state index >= 15 is 0 Å². The lowest BCUT2D eigenvalue weighted by atomic mass is 9.94. The second-order valence-electron chi connectivity index (χ2n) is 7.00. The average Bonchev–Trinajstić information content (AvgIpc) is 2.50. The zero-order chi connectivity index (χ0) is 17.3. The van der Waals surface area contributed by atoms with E-state index in [1.165, 1.54) is 11.1 Å². The van der Waals surface area contributed by atoms with Crippen molar-refractivity contribution < 1.29 is 9.59 Å². The van der Waals surface area contributed by atoms with Crippen molar-refractivity contribution in [2.75, 3.05) is 31.5 Å². The van der Waals surface area contributed by atoms with E-state index in [-0.39, 0.29) is 17.9 Å². The number of aryl methyl sites for hydroxylation is 2. The lowest BCUT2D eigenvalue weighted by molar-refractivity contribution is -0.123. The number of amides is 3. The van der Waals surface area contributed by atoms with Crippen LogP contribution in [0.25, 0.3) is 0 Å². The molecule has 24 heavy (non-hydrogen) atoms. The van der Waals surface area contributed by atoms with Crippen molar-refractivity contribution in [3.8, 4) is 0 Å². The Bertz CT molecular complexity index is 632. The third-order valence-corrected chi connectivity index (χ3v) is 5.36. The summed E-state index contributed by atoms with van der Waals surface area (Å²) in [6.07, 6.45) is 1.67. The maximum atomic E-state index is 12.3. The first-order valence-corrected chi connectivity index (χ1v) is 8.60. The highest BCUT2D eigenvalue weighted by molar-refractivity contribution is 5.90. The summed E-state index contributed by atoms with van der Waals surface area (Å²) in [6, 6.07) is 6.32. The molecule has 2 fully saturated rings. The number of carbonyl (C=O) groups is 2. The second kappa shape index (κ2) is 6.81. The molecule has 6 nitrogen and oxygen atoms in total. The molecule has 0 radical (unpaired) electrons. The third kappa shape index (κ3) is 3.53. The van der Waals surface area contributed by atoms with Gasteiger partial charge in [-0.25, -0.2) is 4.79 Å². The molecule has 3 N–H and O–H groups in total. The van der Waals surface area contributed by atoms with Gasteiger partial charge in [0.2, 0.25) is 5.91 Å². The summed E-state index contributed by atoms with van der Waals surface area (Å²) in [6.45, 7) is 7.38. The molecular weight excluding hydrogens is 304 g/mol. The van der Waals surface area contributed by atoms with Crippen LogP contribution in [0.3, 0.4) is 0 Å². The van der Waals surface area contributed by atoms with Crippen molar-refractivity contribution >= 4 is 17.6 Å². The van der Waals surface area contributed by atoms with Gasteiger partial charge in [0.05, 0.1) is 0 Å². The van der Waals surface area contributed by atoms with Crippen molar-refractivity contribution in [2.24, 2.45) is 11.7 Å². The van der Waals surface area contributed by atoms with Crippen LogP contribution in [0.2, 0.25) is 0 Å². The Kier molecular flexibility index (Phi) is 4.76. The van der Waals surface area contributed by atoms with Gasteiger partial charge in [-0.3, -0.25) is 9.69 Å². The molecule has 130 valence electrons. The van der Waals surface area contributed by atoms with Gasteiger partial charge in [-0.1, -0.05) is 6.07 Å². The number of hydrogen-bond acceptors (Lipinski definition) is 3. The summed E-state index contributed by atoms with van der Waals surface area (Å²) >= 11 is 0. The Morgan fingerprint density at radius 2 is 1.79 bits per heavy atom. The molecule has 0 bridgehead atoms. The molecule has 6 heteroatoms. The molecule has 2 saturated heterocycles. The molecule has 0 aromatic heterocycles. The topological polar surface area (TPSA) is 78.7 Å². The summed E-state index contributed by atoms with van der Waals surface area (Å²) in [7, 11) is 0. The van der Waals surface area contributed by atoms with Crippen molar-refractivity contribution in [1.82, 2.24) is 9.80 Å². The number of anilines is 1. The zero-order valence-corrected chi connectivity index (χ0v) is 14.4. The summed E-state index contributed by atoms with van der Waals surface area (Å²) in [5.74, 6) is -0.164. The Labute approximate surface area is 143 Å². The number of hydrogen-bond donors (Lipinski definition) is 2. The van der Waals surface area contributed by atoms with Crippen molar-refractivity contribution in [2.45, 2.75) is 32.7 Å². The van der Waals surface area contributed by atoms with Gasteiger partial charge in [0.1, 0.15) is 0 Å². The van der Waals surface area contributed by atoms with Crippen LogP contribution in [0.5, 0.6) is 0 Å². The molecule has 1 aromatic carbocycles. The maximum Gasteiger partial charge on any atom is 0.321 e.